The van der Waals surface area contributed by atoms with E-state index in [1.165, 1.54) is 7.11 Å². The van der Waals surface area contributed by atoms with E-state index < -0.39 is 0 Å². The molecule has 1 aromatic rings. The van der Waals surface area contributed by atoms with Gasteiger partial charge >= 0.3 is 0 Å². The van der Waals surface area contributed by atoms with Crippen molar-refractivity contribution in [2.45, 2.75) is 6.42 Å². The summed E-state index contributed by atoms with van der Waals surface area (Å²) >= 11 is 0. The Bertz CT molecular complexity index is 516. The average Bonchev–Trinajstić information content (AvgIpc) is 2.87. The number of nitrogen functional groups attached to an aromatic ring is 1. The lowest BCUT2D eigenvalue weighted by Gasteiger charge is -2.18. The number of carbonyl (C=O) groups is 2. The predicted octanol–water partition coefficient (Wildman–Crippen LogP) is 0.225. The third-order valence-electron chi connectivity index (χ3n) is 3.37. The molecule has 1 heterocycles. The second-order valence-corrected chi connectivity index (χ2v) is 4.56. The summed E-state index contributed by atoms with van der Waals surface area (Å²) in [5, 5.41) is 0. The van der Waals surface area contributed by atoms with Gasteiger partial charge in [-0.05, 0) is 18.6 Å². The summed E-state index contributed by atoms with van der Waals surface area (Å²) in [6, 6.07) is 5.06. The van der Waals surface area contributed by atoms with Crippen molar-refractivity contribution in [2.75, 3.05) is 25.9 Å². The average molecular weight is 263 g/mol. The Morgan fingerprint density at radius 1 is 1.42 bits per heavy atom. The van der Waals surface area contributed by atoms with Gasteiger partial charge in [0.05, 0.1) is 13.0 Å². The van der Waals surface area contributed by atoms with Gasteiger partial charge in [-0.2, -0.15) is 0 Å². The molecule has 6 nitrogen and oxygen atoms in total. The van der Waals surface area contributed by atoms with E-state index in [-0.39, 0.29) is 17.7 Å². The van der Waals surface area contributed by atoms with E-state index in [9.17, 15) is 9.59 Å². The number of rotatable bonds is 3. The van der Waals surface area contributed by atoms with Gasteiger partial charge in [-0.15, -0.1) is 0 Å². The van der Waals surface area contributed by atoms with Crippen LogP contribution < -0.4 is 16.2 Å². The Morgan fingerprint density at radius 2 is 2.16 bits per heavy atom. The van der Waals surface area contributed by atoms with E-state index in [1.54, 1.807) is 23.1 Å². The molecule has 0 radical (unpaired) electrons. The minimum absolute atomic E-state index is 0.223. The predicted molar refractivity (Wildman–Crippen MR) is 70.6 cm³/mol. The fourth-order valence-electron chi connectivity index (χ4n) is 2.28. The molecule has 0 bridgehead atoms. The Morgan fingerprint density at radius 3 is 2.74 bits per heavy atom. The van der Waals surface area contributed by atoms with E-state index in [0.717, 1.165) is 0 Å². The number of hydrogen-bond donors (Lipinski definition) is 2. The Balaban J connectivity index is 2.24. The standard InChI is InChI=1S/C13H17N3O3/c1-19-10-4-2-3-9(14)11(10)13(18)16-6-5-8(7-16)12(15)17/h2-4,8H,5-7,14H2,1H3,(H2,15,17). The van der Waals surface area contributed by atoms with E-state index in [4.69, 9.17) is 16.2 Å². The van der Waals surface area contributed by atoms with Crippen LogP contribution in [0.15, 0.2) is 18.2 Å². The number of amides is 2. The van der Waals surface area contributed by atoms with Gasteiger partial charge in [0.15, 0.2) is 0 Å². The molecule has 0 saturated carbocycles. The second kappa shape index (κ2) is 5.17. The number of nitrogens with zero attached hydrogens (tertiary/aromatic N) is 1. The number of anilines is 1. The van der Waals surface area contributed by atoms with Crippen LogP contribution in [-0.4, -0.2) is 36.9 Å². The van der Waals surface area contributed by atoms with Crippen molar-refractivity contribution < 1.29 is 14.3 Å². The first-order chi connectivity index (χ1) is 9.04. The van der Waals surface area contributed by atoms with E-state index in [2.05, 4.69) is 0 Å². The molecule has 1 aliphatic rings. The molecule has 1 saturated heterocycles. The highest BCUT2D eigenvalue weighted by Crippen LogP contribution is 2.28. The van der Waals surface area contributed by atoms with Gasteiger partial charge in [0.1, 0.15) is 11.3 Å². The fraction of sp³-hybridized carbons (Fsp3) is 0.385. The monoisotopic (exact) mass is 263 g/mol. The normalized spacial score (nSPS) is 18.4. The highest BCUT2D eigenvalue weighted by Gasteiger charge is 2.32. The number of primary amides is 1. The highest BCUT2D eigenvalue weighted by molar-refractivity contribution is 6.02. The van der Waals surface area contributed by atoms with Crippen LogP contribution in [0.2, 0.25) is 0 Å². The van der Waals surface area contributed by atoms with Crippen molar-refractivity contribution in [3.8, 4) is 5.75 Å². The van der Waals surface area contributed by atoms with Gasteiger partial charge in [0.25, 0.3) is 5.91 Å². The van der Waals surface area contributed by atoms with Crippen molar-refractivity contribution in [2.24, 2.45) is 11.7 Å². The number of likely N-dealkylation sites (tertiary alicyclic amines) is 1. The van der Waals surface area contributed by atoms with Crippen LogP contribution >= 0.6 is 0 Å². The number of hydrogen-bond acceptors (Lipinski definition) is 4. The molecular weight excluding hydrogens is 246 g/mol. The van der Waals surface area contributed by atoms with Crippen LogP contribution in [0.4, 0.5) is 5.69 Å². The molecule has 0 aliphatic carbocycles. The zero-order valence-electron chi connectivity index (χ0n) is 10.8. The Kier molecular flexibility index (Phi) is 3.59. The van der Waals surface area contributed by atoms with E-state index in [0.29, 0.717) is 36.5 Å². The van der Waals surface area contributed by atoms with Gasteiger partial charge in [-0.3, -0.25) is 9.59 Å². The maximum absolute atomic E-state index is 12.4. The maximum atomic E-state index is 12.4. The van der Waals surface area contributed by atoms with Gasteiger partial charge in [0.2, 0.25) is 5.91 Å². The van der Waals surface area contributed by atoms with Crippen molar-refractivity contribution >= 4 is 17.5 Å². The minimum atomic E-state index is -0.372. The van der Waals surface area contributed by atoms with Crippen LogP contribution in [0.5, 0.6) is 5.75 Å². The molecule has 0 spiro atoms. The number of nitrogens with two attached hydrogens (primary N) is 2. The fourth-order valence-corrected chi connectivity index (χ4v) is 2.28. The van der Waals surface area contributed by atoms with Crippen LogP contribution in [0, 0.1) is 5.92 Å². The lowest BCUT2D eigenvalue weighted by atomic mass is 10.1. The van der Waals surface area contributed by atoms with Crippen LogP contribution in [0.25, 0.3) is 0 Å². The summed E-state index contributed by atoms with van der Waals surface area (Å²) in [4.78, 5) is 25.1. The van der Waals surface area contributed by atoms with Crippen molar-refractivity contribution in [3.63, 3.8) is 0 Å². The highest BCUT2D eigenvalue weighted by atomic mass is 16.5. The SMILES string of the molecule is COc1cccc(N)c1C(=O)N1CCC(C(N)=O)C1. The van der Waals surface area contributed by atoms with Gasteiger partial charge in [-0.1, -0.05) is 6.07 Å². The molecule has 102 valence electrons. The summed E-state index contributed by atoms with van der Waals surface area (Å²) in [5.74, 6) is -0.436. The van der Waals surface area contributed by atoms with E-state index >= 15 is 0 Å². The number of methoxy groups -OCH3 is 1. The zero-order valence-corrected chi connectivity index (χ0v) is 10.8. The van der Waals surface area contributed by atoms with Gasteiger partial charge in [-0.25, -0.2) is 0 Å². The molecule has 6 heteroatoms. The molecular formula is C13H17N3O3. The molecule has 2 rings (SSSR count). The molecule has 0 aromatic heterocycles. The molecule has 1 unspecified atom stereocenters. The topological polar surface area (TPSA) is 98.7 Å². The van der Waals surface area contributed by atoms with Crippen LogP contribution in [0.1, 0.15) is 16.8 Å². The summed E-state index contributed by atoms with van der Waals surface area (Å²) in [7, 11) is 1.49. The quantitative estimate of drug-likeness (QED) is 0.762. The van der Waals surface area contributed by atoms with Crippen molar-refractivity contribution in [3.05, 3.63) is 23.8 Å². The second-order valence-electron chi connectivity index (χ2n) is 4.56. The smallest absolute Gasteiger partial charge is 0.259 e. The molecule has 1 aromatic carbocycles. The molecule has 1 atom stereocenters. The minimum Gasteiger partial charge on any atom is -0.496 e. The third-order valence-corrected chi connectivity index (χ3v) is 3.37. The maximum Gasteiger partial charge on any atom is 0.259 e. The van der Waals surface area contributed by atoms with E-state index in [1.807, 2.05) is 0 Å². The lowest BCUT2D eigenvalue weighted by Crippen LogP contribution is -2.32. The Labute approximate surface area is 111 Å². The number of benzene rings is 1. The third kappa shape index (κ3) is 2.47. The van der Waals surface area contributed by atoms with Gasteiger partial charge < -0.3 is 21.1 Å². The van der Waals surface area contributed by atoms with Crippen LogP contribution in [0.3, 0.4) is 0 Å². The zero-order chi connectivity index (χ0) is 14.0. The van der Waals surface area contributed by atoms with Gasteiger partial charge in [0, 0.05) is 18.8 Å². The largest absolute Gasteiger partial charge is 0.496 e. The summed E-state index contributed by atoms with van der Waals surface area (Å²) in [5.41, 5.74) is 11.8. The Hall–Kier alpha value is -2.24. The molecule has 4 N–H and O–H groups in total. The molecule has 1 fully saturated rings. The molecule has 19 heavy (non-hydrogen) atoms. The molecule has 2 amide bonds. The summed E-state index contributed by atoms with van der Waals surface area (Å²) < 4.78 is 5.16. The first-order valence-electron chi connectivity index (χ1n) is 6.05. The number of ether oxygens (including phenoxy) is 1. The molecule has 1 aliphatic heterocycles. The summed E-state index contributed by atoms with van der Waals surface area (Å²) in [6.07, 6.45) is 0.593. The van der Waals surface area contributed by atoms with Crippen molar-refractivity contribution in [1.82, 2.24) is 4.90 Å². The number of carbonyl (C=O) groups excluding carboxylic acids is 2. The first-order valence-corrected chi connectivity index (χ1v) is 6.05. The lowest BCUT2D eigenvalue weighted by molar-refractivity contribution is -0.121. The van der Waals surface area contributed by atoms with Crippen LogP contribution in [-0.2, 0) is 4.79 Å². The summed E-state index contributed by atoms with van der Waals surface area (Å²) in [6.45, 7) is 0.843. The van der Waals surface area contributed by atoms with Crippen molar-refractivity contribution in [1.29, 1.82) is 0 Å². The first kappa shape index (κ1) is 13.2.